The molecule has 29 heavy (non-hydrogen) atoms. The molecule has 0 radical (unpaired) electrons. The molecule has 0 aliphatic heterocycles. The van der Waals surface area contributed by atoms with Gasteiger partial charge < -0.3 is 9.30 Å². The first kappa shape index (κ1) is 20.8. The summed E-state index contributed by atoms with van der Waals surface area (Å²) in [7, 11) is 3.38. The molecule has 3 rings (SSSR count). The van der Waals surface area contributed by atoms with E-state index >= 15 is 0 Å². The highest BCUT2D eigenvalue weighted by Crippen LogP contribution is 2.24. The van der Waals surface area contributed by atoms with Crippen molar-refractivity contribution in [1.82, 2.24) is 24.6 Å². The number of amides is 2. The Morgan fingerprint density at radius 1 is 1.21 bits per heavy atom. The number of hydrogen-bond acceptors (Lipinski definition) is 6. The summed E-state index contributed by atoms with van der Waals surface area (Å²) in [6, 6.07) is 11.4. The number of benzene rings is 1. The van der Waals surface area contributed by atoms with Gasteiger partial charge in [0, 0.05) is 25.9 Å². The molecule has 1 N–H and O–H groups in total. The monoisotopic (exact) mass is 413 g/mol. The Hall–Kier alpha value is -2.91. The van der Waals surface area contributed by atoms with E-state index in [2.05, 4.69) is 15.5 Å². The number of nitrogens with zero attached hydrogens (tertiary/aromatic N) is 4. The Bertz CT molecular complexity index is 1010. The van der Waals surface area contributed by atoms with Gasteiger partial charge in [-0.15, -0.1) is 10.2 Å². The van der Waals surface area contributed by atoms with E-state index < -0.39 is 5.91 Å². The van der Waals surface area contributed by atoms with Crippen molar-refractivity contribution in [2.24, 2.45) is 7.05 Å². The van der Waals surface area contributed by atoms with Gasteiger partial charge in [0.25, 0.3) is 5.91 Å². The normalized spacial score (nSPS) is 10.9. The maximum atomic E-state index is 12.2. The molecule has 0 atom stereocenters. The molecule has 8 nitrogen and oxygen atoms in total. The molecule has 0 aliphatic rings. The highest BCUT2D eigenvalue weighted by molar-refractivity contribution is 7.99. The largest absolute Gasteiger partial charge is 0.383 e. The van der Waals surface area contributed by atoms with E-state index in [-0.39, 0.29) is 11.7 Å². The smallest absolute Gasteiger partial charge is 0.274 e. The fourth-order valence-corrected chi connectivity index (χ4v) is 3.60. The number of carbonyl (C=O) groups is 2. The predicted octanol–water partition coefficient (Wildman–Crippen LogP) is 2.29. The fourth-order valence-electron chi connectivity index (χ4n) is 2.83. The molecule has 0 saturated carbocycles. The van der Waals surface area contributed by atoms with Crippen LogP contribution in [0.25, 0.3) is 11.4 Å². The van der Waals surface area contributed by atoms with Gasteiger partial charge in [0.2, 0.25) is 5.91 Å². The van der Waals surface area contributed by atoms with Crippen LogP contribution in [-0.2, 0) is 23.1 Å². The number of nitrogens with one attached hydrogen (secondary N) is 1. The maximum absolute atomic E-state index is 12.2. The first-order valence-electron chi connectivity index (χ1n) is 9.07. The lowest BCUT2D eigenvalue weighted by Crippen LogP contribution is -2.33. The third-order valence-corrected chi connectivity index (χ3v) is 5.24. The first-order chi connectivity index (χ1) is 14.0. The quantitative estimate of drug-likeness (QED) is 0.570. The fraction of sp³-hybridized carbons (Fsp3) is 0.300. The molecular weight excluding hydrogens is 390 g/mol. The number of imide groups is 1. The summed E-state index contributed by atoms with van der Waals surface area (Å²) in [5, 5.41) is 11.5. The van der Waals surface area contributed by atoms with Gasteiger partial charge in [-0.2, -0.15) is 0 Å². The third kappa shape index (κ3) is 5.12. The van der Waals surface area contributed by atoms with Crippen LogP contribution in [0, 0.1) is 6.92 Å². The molecule has 2 heterocycles. The Morgan fingerprint density at radius 3 is 2.72 bits per heavy atom. The van der Waals surface area contributed by atoms with Gasteiger partial charge in [0.1, 0.15) is 5.69 Å². The van der Waals surface area contributed by atoms with Gasteiger partial charge in [-0.25, -0.2) is 0 Å². The number of aryl methyl sites for hydroxylation is 2. The van der Waals surface area contributed by atoms with Gasteiger partial charge in [0.15, 0.2) is 11.0 Å². The van der Waals surface area contributed by atoms with Crippen molar-refractivity contribution in [2.45, 2.75) is 18.6 Å². The van der Waals surface area contributed by atoms with Crippen molar-refractivity contribution in [3.8, 4) is 11.4 Å². The van der Waals surface area contributed by atoms with Crippen molar-refractivity contribution in [2.75, 3.05) is 19.5 Å². The lowest BCUT2D eigenvalue weighted by molar-refractivity contribution is -0.117. The minimum atomic E-state index is -0.426. The average Bonchev–Trinajstić information content (AvgIpc) is 3.30. The van der Waals surface area contributed by atoms with Crippen LogP contribution >= 0.6 is 11.8 Å². The average molecular weight is 414 g/mol. The minimum Gasteiger partial charge on any atom is -0.383 e. The molecule has 1 aromatic carbocycles. The zero-order chi connectivity index (χ0) is 20.8. The molecular formula is C20H23N5O3S. The second-order valence-electron chi connectivity index (χ2n) is 6.49. The maximum Gasteiger partial charge on any atom is 0.274 e. The van der Waals surface area contributed by atoms with E-state index in [0.717, 1.165) is 11.1 Å². The molecule has 0 aliphatic carbocycles. The number of aromatic nitrogens is 4. The van der Waals surface area contributed by atoms with E-state index in [9.17, 15) is 9.59 Å². The molecule has 0 saturated heterocycles. The van der Waals surface area contributed by atoms with Gasteiger partial charge in [-0.3, -0.25) is 19.5 Å². The number of methoxy groups -OCH3 is 1. The van der Waals surface area contributed by atoms with Crippen molar-refractivity contribution in [1.29, 1.82) is 0 Å². The number of hydrogen-bond donors (Lipinski definition) is 1. The van der Waals surface area contributed by atoms with E-state index in [1.54, 1.807) is 37.1 Å². The van der Waals surface area contributed by atoms with E-state index in [4.69, 9.17) is 4.74 Å². The number of carbonyl (C=O) groups excluding carboxylic acids is 2. The number of ether oxygens (including phenoxy) is 1. The summed E-state index contributed by atoms with van der Waals surface area (Å²) < 4.78 is 8.79. The Kier molecular flexibility index (Phi) is 6.84. The third-order valence-electron chi connectivity index (χ3n) is 4.27. The Balaban J connectivity index is 1.70. The summed E-state index contributed by atoms with van der Waals surface area (Å²) in [5.41, 5.74) is 2.49. The second-order valence-corrected chi connectivity index (χ2v) is 7.43. The molecule has 0 bridgehead atoms. The van der Waals surface area contributed by atoms with Gasteiger partial charge in [-0.05, 0) is 25.1 Å². The van der Waals surface area contributed by atoms with Crippen molar-refractivity contribution >= 4 is 23.6 Å². The van der Waals surface area contributed by atoms with Gasteiger partial charge >= 0.3 is 0 Å². The van der Waals surface area contributed by atoms with Crippen molar-refractivity contribution in [3.05, 3.63) is 53.9 Å². The Morgan fingerprint density at radius 2 is 2.03 bits per heavy atom. The van der Waals surface area contributed by atoms with E-state index in [1.807, 2.05) is 35.8 Å². The molecule has 3 aromatic rings. The van der Waals surface area contributed by atoms with Crippen LogP contribution in [0.5, 0.6) is 0 Å². The topological polar surface area (TPSA) is 91.0 Å². The lowest BCUT2D eigenvalue weighted by atomic mass is 10.1. The molecule has 0 fully saturated rings. The molecule has 152 valence electrons. The van der Waals surface area contributed by atoms with Crippen LogP contribution in [0.3, 0.4) is 0 Å². The number of rotatable bonds is 8. The molecule has 9 heteroatoms. The van der Waals surface area contributed by atoms with Crippen LogP contribution in [0.1, 0.15) is 16.1 Å². The summed E-state index contributed by atoms with van der Waals surface area (Å²) in [6.07, 6.45) is 1.75. The summed E-state index contributed by atoms with van der Waals surface area (Å²) in [4.78, 5) is 24.4. The van der Waals surface area contributed by atoms with Crippen LogP contribution in [0.2, 0.25) is 0 Å². The summed E-state index contributed by atoms with van der Waals surface area (Å²) in [5.74, 6) is -0.0488. The first-order valence-corrected chi connectivity index (χ1v) is 10.1. The van der Waals surface area contributed by atoms with Crippen LogP contribution in [0.15, 0.2) is 47.8 Å². The van der Waals surface area contributed by atoms with E-state index in [0.29, 0.717) is 29.8 Å². The molecule has 0 unspecified atom stereocenters. The Labute approximate surface area is 173 Å². The summed E-state index contributed by atoms with van der Waals surface area (Å²) in [6.45, 7) is 3.06. The zero-order valence-electron chi connectivity index (χ0n) is 16.6. The number of thioether (sulfide) groups is 1. The SMILES string of the molecule is COCCn1c(SCC(=O)NC(=O)c2cccn2C)nnc1-c1cccc(C)c1. The standard InChI is InChI=1S/C20H23N5O3S/c1-14-6-4-7-15(12-14)18-22-23-20(25(18)10-11-28-3)29-13-17(26)21-19(27)16-8-5-9-24(16)2/h4-9,12H,10-11,13H2,1-3H3,(H,21,26,27). The van der Waals surface area contributed by atoms with E-state index in [1.165, 1.54) is 11.8 Å². The molecule has 2 aromatic heterocycles. The van der Waals surface area contributed by atoms with Crippen LogP contribution < -0.4 is 5.32 Å². The van der Waals surface area contributed by atoms with Crippen molar-refractivity contribution in [3.63, 3.8) is 0 Å². The van der Waals surface area contributed by atoms with Crippen LogP contribution in [0.4, 0.5) is 0 Å². The molecule has 0 spiro atoms. The zero-order valence-corrected chi connectivity index (χ0v) is 17.4. The van der Waals surface area contributed by atoms with Gasteiger partial charge in [0.05, 0.1) is 18.9 Å². The minimum absolute atomic E-state index is 0.0507. The van der Waals surface area contributed by atoms with Crippen molar-refractivity contribution < 1.29 is 14.3 Å². The highest BCUT2D eigenvalue weighted by atomic mass is 32.2. The second kappa shape index (κ2) is 9.53. The van der Waals surface area contributed by atoms with Crippen LogP contribution in [-0.4, -0.2) is 50.6 Å². The summed E-state index contributed by atoms with van der Waals surface area (Å²) >= 11 is 1.23. The highest BCUT2D eigenvalue weighted by Gasteiger charge is 2.17. The molecule has 2 amide bonds. The van der Waals surface area contributed by atoms with Gasteiger partial charge in [-0.1, -0.05) is 35.5 Å². The lowest BCUT2D eigenvalue weighted by Gasteiger charge is -2.10. The predicted molar refractivity (Wildman–Crippen MR) is 111 cm³/mol.